The molecule has 0 saturated heterocycles. The van der Waals surface area contributed by atoms with Crippen molar-refractivity contribution in [1.29, 1.82) is 0 Å². The maximum absolute atomic E-state index is 12.1. The summed E-state index contributed by atoms with van der Waals surface area (Å²) in [5.41, 5.74) is 1.20. The lowest BCUT2D eigenvalue weighted by atomic mass is 10.0. The van der Waals surface area contributed by atoms with E-state index in [9.17, 15) is 4.79 Å². The molecule has 1 aliphatic rings. The van der Waals surface area contributed by atoms with Crippen LogP contribution in [0.1, 0.15) is 18.4 Å². The van der Waals surface area contributed by atoms with Gasteiger partial charge in [0.1, 0.15) is 0 Å². The fourth-order valence-electron chi connectivity index (χ4n) is 2.61. The van der Waals surface area contributed by atoms with Crippen molar-refractivity contribution in [1.82, 2.24) is 10.2 Å². The number of carbonyl (C=O) groups excluding carboxylic acids is 1. The van der Waals surface area contributed by atoms with Crippen molar-refractivity contribution >= 4 is 29.1 Å². The van der Waals surface area contributed by atoms with Crippen molar-refractivity contribution in [2.45, 2.75) is 19.4 Å². The maximum atomic E-state index is 12.1. The van der Waals surface area contributed by atoms with Gasteiger partial charge < -0.3 is 10.2 Å². The maximum Gasteiger partial charge on any atom is 0.236 e. The predicted molar refractivity (Wildman–Crippen MR) is 93.3 cm³/mol. The summed E-state index contributed by atoms with van der Waals surface area (Å²) in [6.45, 7) is 2.08. The van der Waals surface area contributed by atoms with Crippen LogP contribution < -0.4 is 5.32 Å². The lowest BCUT2D eigenvalue weighted by Crippen LogP contribution is -2.35. The normalized spacial score (nSPS) is 13.7. The number of likely N-dealkylation sites (N-methyl/N-ethyl adjacent to an activating group) is 1. The molecule has 118 valence electrons. The largest absolute Gasteiger partial charge is 0.340 e. The first-order valence-electron chi connectivity index (χ1n) is 7.65. The molecular formula is C18H23ClN2O. The highest BCUT2D eigenvalue weighted by atomic mass is 35.5. The molecule has 4 heteroatoms. The van der Waals surface area contributed by atoms with Gasteiger partial charge in [0.15, 0.2) is 0 Å². The summed E-state index contributed by atoms with van der Waals surface area (Å²) in [6.07, 6.45) is 2.63. The minimum Gasteiger partial charge on any atom is -0.340 e. The lowest BCUT2D eigenvalue weighted by Gasteiger charge is -2.19. The number of nitrogens with zero attached hydrogens (tertiary/aromatic N) is 1. The Morgan fingerprint density at radius 3 is 2.68 bits per heavy atom. The summed E-state index contributed by atoms with van der Waals surface area (Å²) in [5.74, 6) is 0.963. The van der Waals surface area contributed by atoms with Crippen LogP contribution in [-0.2, 0) is 11.3 Å². The van der Waals surface area contributed by atoms with E-state index >= 15 is 0 Å². The van der Waals surface area contributed by atoms with Gasteiger partial charge in [-0.15, -0.1) is 12.4 Å². The fourth-order valence-corrected chi connectivity index (χ4v) is 2.61. The third-order valence-electron chi connectivity index (χ3n) is 4.12. The molecule has 22 heavy (non-hydrogen) atoms. The number of hydrogen-bond donors (Lipinski definition) is 1. The van der Waals surface area contributed by atoms with Crippen molar-refractivity contribution in [3.05, 3.63) is 48.0 Å². The molecule has 0 unspecified atom stereocenters. The van der Waals surface area contributed by atoms with Crippen LogP contribution >= 0.6 is 12.4 Å². The van der Waals surface area contributed by atoms with Crippen molar-refractivity contribution in [2.24, 2.45) is 5.92 Å². The molecule has 1 amide bonds. The van der Waals surface area contributed by atoms with Gasteiger partial charge in [0.05, 0.1) is 6.54 Å². The molecule has 0 aromatic heterocycles. The van der Waals surface area contributed by atoms with E-state index < -0.39 is 0 Å². The number of carbonyl (C=O) groups is 1. The first kappa shape index (κ1) is 16.8. The van der Waals surface area contributed by atoms with Crippen molar-refractivity contribution in [2.75, 3.05) is 20.1 Å². The second-order valence-corrected chi connectivity index (χ2v) is 5.96. The Labute approximate surface area is 138 Å². The minimum absolute atomic E-state index is 0. The summed E-state index contributed by atoms with van der Waals surface area (Å²) in [7, 11) is 1.88. The topological polar surface area (TPSA) is 32.3 Å². The van der Waals surface area contributed by atoms with Gasteiger partial charge in [0.2, 0.25) is 5.91 Å². The molecular weight excluding hydrogens is 296 g/mol. The van der Waals surface area contributed by atoms with Crippen molar-refractivity contribution in [3.63, 3.8) is 0 Å². The monoisotopic (exact) mass is 318 g/mol. The molecule has 1 saturated carbocycles. The highest BCUT2D eigenvalue weighted by Gasteiger charge is 2.21. The van der Waals surface area contributed by atoms with Crippen LogP contribution in [0.3, 0.4) is 0 Å². The number of nitrogens with one attached hydrogen (secondary N) is 1. The zero-order valence-corrected chi connectivity index (χ0v) is 13.7. The van der Waals surface area contributed by atoms with Crippen LogP contribution in [0.4, 0.5) is 0 Å². The molecule has 0 aliphatic heterocycles. The van der Waals surface area contributed by atoms with Crippen LogP contribution in [0.25, 0.3) is 10.8 Å². The second kappa shape index (κ2) is 7.61. The number of fused-ring (bicyclic) bond motifs is 1. The van der Waals surface area contributed by atoms with E-state index in [1.54, 1.807) is 0 Å². The van der Waals surface area contributed by atoms with Gasteiger partial charge >= 0.3 is 0 Å². The van der Waals surface area contributed by atoms with Gasteiger partial charge in [-0.25, -0.2) is 0 Å². The number of rotatable bonds is 6. The summed E-state index contributed by atoms with van der Waals surface area (Å²) >= 11 is 0. The van der Waals surface area contributed by atoms with E-state index in [2.05, 4.69) is 35.6 Å². The van der Waals surface area contributed by atoms with Gasteiger partial charge in [-0.05, 0) is 41.6 Å². The SMILES string of the molecule is CN(Cc1cccc2ccccc12)C(=O)CNCC1CC1.Cl. The van der Waals surface area contributed by atoms with E-state index in [4.69, 9.17) is 0 Å². The molecule has 0 atom stereocenters. The molecule has 1 aliphatic carbocycles. The summed E-state index contributed by atoms with van der Waals surface area (Å²) < 4.78 is 0. The Balaban J connectivity index is 0.00000176. The Morgan fingerprint density at radius 1 is 1.18 bits per heavy atom. The molecule has 0 spiro atoms. The molecule has 2 aromatic rings. The first-order valence-corrected chi connectivity index (χ1v) is 7.65. The molecule has 1 fully saturated rings. The smallest absolute Gasteiger partial charge is 0.236 e. The Morgan fingerprint density at radius 2 is 1.91 bits per heavy atom. The zero-order chi connectivity index (χ0) is 14.7. The predicted octanol–water partition coefficient (Wildman–Crippen LogP) is 3.22. The number of hydrogen-bond acceptors (Lipinski definition) is 2. The third kappa shape index (κ3) is 4.21. The van der Waals surface area contributed by atoms with E-state index in [0.29, 0.717) is 13.1 Å². The molecule has 3 nitrogen and oxygen atoms in total. The highest BCUT2D eigenvalue weighted by Crippen LogP contribution is 2.27. The molecule has 2 aromatic carbocycles. The van der Waals surface area contributed by atoms with Crippen molar-refractivity contribution < 1.29 is 4.79 Å². The molecule has 3 rings (SSSR count). The number of halogens is 1. The third-order valence-corrected chi connectivity index (χ3v) is 4.12. The van der Waals surface area contributed by atoms with E-state index in [1.807, 2.05) is 24.1 Å². The first-order chi connectivity index (χ1) is 10.2. The van der Waals surface area contributed by atoms with Gasteiger partial charge in [0.25, 0.3) is 0 Å². The van der Waals surface area contributed by atoms with Gasteiger partial charge in [-0.1, -0.05) is 42.5 Å². The Hall–Kier alpha value is -1.58. The van der Waals surface area contributed by atoms with E-state index in [0.717, 1.165) is 12.5 Å². The standard InChI is InChI=1S/C18H22N2O.ClH/c1-20(18(21)12-19-11-14-9-10-14)13-16-7-4-6-15-5-2-3-8-17(15)16;/h2-8,14,19H,9-13H2,1H3;1H. The fraction of sp³-hybridized carbons (Fsp3) is 0.389. The average Bonchev–Trinajstić information content (AvgIpc) is 3.32. The van der Waals surface area contributed by atoms with E-state index in [-0.39, 0.29) is 18.3 Å². The molecule has 0 radical (unpaired) electrons. The summed E-state index contributed by atoms with van der Waals surface area (Å²) in [4.78, 5) is 14.0. The van der Waals surface area contributed by atoms with Crippen molar-refractivity contribution in [3.8, 4) is 0 Å². The average molecular weight is 319 g/mol. The van der Waals surface area contributed by atoms with Crippen LogP contribution in [0.15, 0.2) is 42.5 Å². The molecule has 0 bridgehead atoms. The minimum atomic E-state index is 0. The molecule has 1 N–H and O–H groups in total. The van der Waals surface area contributed by atoms with Gasteiger partial charge in [-0.3, -0.25) is 4.79 Å². The second-order valence-electron chi connectivity index (χ2n) is 5.96. The van der Waals surface area contributed by atoms with Crippen LogP contribution in [0.5, 0.6) is 0 Å². The highest BCUT2D eigenvalue weighted by molar-refractivity contribution is 5.86. The molecule has 0 heterocycles. The zero-order valence-electron chi connectivity index (χ0n) is 12.9. The summed E-state index contributed by atoms with van der Waals surface area (Å²) in [6, 6.07) is 14.6. The number of amides is 1. The van der Waals surface area contributed by atoms with Gasteiger partial charge in [-0.2, -0.15) is 0 Å². The van der Waals surface area contributed by atoms with Crippen LogP contribution in [-0.4, -0.2) is 30.9 Å². The summed E-state index contributed by atoms with van der Waals surface area (Å²) in [5, 5.41) is 5.71. The lowest BCUT2D eigenvalue weighted by molar-refractivity contribution is -0.129. The van der Waals surface area contributed by atoms with Gasteiger partial charge in [0, 0.05) is 13.6 Å². The Bertz CT molecular complexity index is 635. The van der Waals surface area contributed by atoms with Crippen LogP contribution in [0, 0.1) is 5.92 Å². The van der Waals surface area contributed by atoms with E-state index in [1.165, 1.54) is 29.2 Å². The quantitative estimate of drug-likeness (QED) is 0.887. The van der Waals surface area contributed by atoms with Crippen LogP contribution in [0.2, 0.25) is 0 Å². The number of benzene rings is 2. The Kier molecular flexibility index (Phi) is 5.81.